The second-order valence-corrected chi connectivity index (χ2v) is 9.81. The Balaban J connectivity index is 1.65. The third-order valence-corrected chi connectivity index (χ3v) is 7.70. The summed E-state index contributed by atoms with van der Waals surface area (Å²) in [5.41, 5.74) is 1.10. The minimum absolute atomic E-state index is 0.105. The fourth-order valence-electron chi connectivity index (χ4n) is 3.79. The van der Waals surface area contributed by atoms with E-state index in [0.29, 0.717) is 31.2 Å². The molecule has 0 aliphatic carbocycles. The highest BCUT2D eigenvalue weighted by atomic mass is 32.2. The van der Waals surface area contributed by atoms with Crippen LogP contribution in [0.1, 0.15) is 42.7 Å². The van der Waals surface area contributed by atoms with Crippen LogP contribution in [-0.2, 0) is 28.4 Å². The van der Waals surface area contributed by atoms with Crippen molar-refractivity contribution in [1.29, 1.82) is 0 Å². The fourth-order valence-corrected chi connectivity index (χ4v) is 5.32. The first-order valence-electron chi connectivity index (χ1n) is 11.2. The molecule has 1 aliphatic rings. The number of sulfonamides is 1. The lowest BCUT2D eigenvalue weighted by Crippen LogP contribution is -2.30. The van der Waals surface area contributed by atoms with Crippen LogP contribution < -0.4 is 14.8 Å². The molecule has 1 fully saturated rings. The van der Waals surface area contributed by atoms with Crippen molar-refractivity contribution < 1.29 is 27.4 Å². The summed E-state index contributed by atoms with van der Waals surface area (Å²) < 4.78 is 45.3. The van der Waals surface area contributed by atoms with E-state index in [1.165, 1.54) is 21.1 Å². The summed E-state index contributed by atoms with van der Waals surface area (Å²) in [6, 6.07) is 6.89. The monoisotopic (exact) mass is 479 g/mol. The van der Waals surface area contributed by atoms with Gasteiger partial charge in [0, 0.05) is 39.5 Å². The van der Waals surface area contributed by atoms with E-state index in [4.69, 9.17) is 14.2 Å². The zero-order valence-electron chi connectivity index (χ0n) is 19.7. The Kier molecular flexibility index (Phi) is 8.39. The van der Waals surface area contributed by atoms with Gasteiger partial charge in [0.25, 0.3) is 5.91 Å². The maximum atomic E-state index is 12.7. The molecule has 0 saturated carbocycles. The van der Waals surface area contributed by atoms with Crippen LogP contribution in [0.3, 0.4) is 0 Å². The maximum absolute atomic E-state index is 12.7. The van der Waals surface area contributed by atoms with Crippen molar-refractivity contribution in [3.05, 3.63) is 41.7 Å². The molecular formula is C23H33N3O6S. The normalized spacial score (nSPS) is 16.2. The van der Waals surface area contributed by atoms with E-state index in [0.717, 1.165) is 25.0 Å². The average molecular weight is 480 g/mol. The van der Waals surface area contributed by atoms with Crippen LogP contribution in [0.25, 0.3) is 0 Å². The molecule has 33 heavy (non-hydrogen) atoms. The molecule has 1 N–H and O–H groups in total. The minimum Gasteiger partial charge on any atom is -0.493 e. The summed E-state index contributed by atoms with van der Waals surface area (Å²) in [6.07, 6.45) is 3.61. The lowest BCUT2D eigenvalue weighted by atomic mass is 10.2. The largest absolute Gasteiger partial charge is 0.493 e. The van der Waals surface area contributed by atoms with Crippen LogP contribution in [0.15, 0.2) is 35.4 Å². The molecule has 2 heterocycles. The molecule has 2 aromatic rings. The van der Waals surface area contributed by atoms with Crippen LogP contribution in [0, 0.1) is 0 Å². The van der Waals surface area contributed by atoms with Gasteiger partial charge in [-0.05, 0) is 36.6 Å². The van der Waals surface area contributed by atoms with Crippen molar-refractivity contribution in [2.75, 3.05) is 33.4 Å². The first kappa shape index (κ1) is 25.1. The van der Waals surface area contributed by atoms with Gasteiger partial charge < -0.3 is 24.1 Å². The highest BCUT2D eigenvalue weighted by molar-refractivity contribution is 7.89. The Hall–Kier alpha value is -2.56. The summed E-state index contributed by atoms with van der Waals surface area (Å²) in [5, 5.41) is 2.84. The minimum atomic E-state index is -3.64. The second kappa shape index (κ2) is 11.0. The SMILES string of the molecule is CCN(CC)S(=O)(=O)c1cc(C(=O)NCc2ccc(OCC3CCCO3)c(OC)c2)n(C)c1. The molecule has 0 radical (unpaired) electrons. The molecule has 1 saturated heterocycles. The lowest BCUT2D eigenvalue weighted by molar-refractivity contribution is 0.0669. The van der Waals surface area contributed by atoms with E-state index in [9.17, 15) is 13.2 Å². The summed E-state index contributed by atoms with van der Waals surface area (Å²) >= 11 is 0. The summed E-state index contributed by atoms with van der Waals surface area (Å²) in [7, 11) is -0.416. The van der Waals surface area contributed by atoms with E-state index in [1.54, 1.807) is 28.0 Å². The Morgan fingerprint density at radius 1 is 1.24 bits per heavy atom. The van der Waals surface area contributed by atoms with Crippen molar-refractivity contribution in [3.8, 4) is 11.5 Å². The molecule has 0 bridgehead atoms. The number of aryl methyl sites for hydroxylation is 1. The predicted molar refractivity (Wildman–Crippen MR) is 124 cm³/mol. The Morgan fingerprint density at radius 3 is 2.64 bits per heavy atom. The number of amides is 1. The van der Waals surface area contributed by atoms with Gasteiger partial charge in [0.15, 0.2) is 11.5 Å². The Bertz CT molecular complexity index is 1060. The first-order valence-corrected chi connectivity index (χ1v) is 12.6. The molecular weight excluding hydrogens is 446 g/mol. The van der Waals surface area contributed by atoms with Gasteiger partial charge in [0.1, 0.15) is 17.2 Å². The number of nitrogens with zero attached hydrogens (tertiary/aromatic N) is 2. The lowest BCUT2D eigenvalue weighted by Gasteiger charge is -2.17. The van der Waals surface area contributed by atoms with Crippen LogP contribution in [0.2, 0.25) is 0 Å². The van der Waals surface area contributed by atoms with Crippen LogP contribution in [-0.4, -0.2) is 62.7 Å². The smallest absolute Gasteiger partial charge is 0.268 e. The van der Waals surface area contributed by atoms with Crippen molar-refractivity contribution in [2.24, 2.45) is 7.05 Å². The molecule has 1 amide bonds. The van der Waals surface area contributed by atoms with Gasteiger partial charge >= 0.3 is 0 Å². The zero-order valence-corrected chi connectivity index (χ0v) is 20.5. The molecule has 1 aliphatic heterocycles. The topological polar surface area (TPSA) is 99.1 Å². The molecule has 1 aromatic carbocycles. The van der Waals surface area contributed by atoms with Crippen LogP contribution >= 0.6 is 0 Å². The highest BCUT2D eigenvalue weighted by Gasteiger charge is 2.25. The quantitative estimate of drug-likeness (QED) is 0.532. The van der Waals surface area contributed by atoms with Gasteiger partial charge in [-0.2, -0.15) is 4.31 Å². The summed E-state index contributed by atoms with van der Waals surface area (Å²) in [4.78, 5) is 12.9. The number of rotatable bonds is 11. The molecule has 0 spiro atoms. The highest BCUT2D eigenvalue weighted by Crippen LogP contribution is 2.29. The van der Waals surface area contributed by atoms with Gasteiger partial charge in [0.05, 0.1) is 13.2 Å². The van der Waals surface area contributed by atoms with Gasteiger partial charge in [0.2, 0.25) is 10.0 Å². The molecule has 3 rings (SSSR count). The van der Waals surface area contributed by atoms with Gasteiger partial charge in [-0.1, -0.05) is 19.9 Å². The summed E-state index contributed by atoms with van der Waals surface area (Å²) in [6.45, 7) is 5.79. The standard InChI is InChI=1S/C23H33N3O6S/c1-5-26(6-2)33(28,29)19-13-20(25(3)15-19)23(27)24-14-17-9-10-21(22(12-17)30-4)32-16-18-8-7-11-31-18/h9-10,12-13,15,18H,5-8,11,14,16H2,1-4H3,(H,24,27). The molecule has 10 heteroatoms. The first-order chi connectivity index (χ1) is 15.8. The molecule has 1 atom stereocenters. The third kappa shape index (κ3) is 5.87. The van der Waals surface area contributed by atoms with Crippen LogP contribution in [0.5, 0.6) is 11.5 Å². The number of hydrogen-bond acceptors (Lipinski definition) is 6. The molecule has 1 unspecified atom stereocenters. The zero-order chi connectivity index (χ0) is 24.0. The fraction of sp³-hybridized carbons (Fsp3) is 0.522. The maximum Gasteiger partial charge on any atom is 0.268 e. The van der Waals surface area contributed by atoms with Crippen molar-refractivity contribution >= 4 is 15.9 Å². The number of methoxy groups -OCH3 is 1. The van der Waals surface area contributed by atoms with E-state index in [1.807, 2.05) is 18.2 Å². The number of hydrogen-bond donors (Lipinski definition) is 1. The number of nitrogens with one attached hydrogen (secondary N) is 1. The summed E-state index contributed by atoms with van der Waals surface area (Å²) in [5.74, 6) is 0.833. The average Bonchev–Trinajstić information content (AvgIpc) is 3.47. The number of aromatic nitrogens is 1. The van der Waals surface area contributed by atoms with E-state index in [2.05, 4.69) is 5.32 Å². The molecule has 182 valence electrons. The van der Waals surface area contributed by atoms with Gasteiger partial charge in [-0.15, -0.1) is 0 Å². The number of ether oxygens (including phenoxy) is 3. The predicted octanol–water partition coefficient (Wildman–Crippen LogP) is 2.55. The van der Waals surface area contributed by atoms with Gasteiger partial charge in [-0.3, -0.25) is 4.79 Å². The molecule has 9 nitrogen and oxygen atoms in total. The van der Waals surface area contributed by atoms with Crippen molar-refractivity contribution in [2.45, 2.75) is 44.2 Å². The Labute approximate surface area is 195 Å². The third-order valence-electron chi connectivity index (χ3n) is 5.69. The van der Waals surface area contributed by atoms with Crippen molar-refractivity contribution in [1.82, 2.24) is 14.2 Å². The van der Waals surface area contributed by atoms with E-state index < -0.39 is 10.0 Å². The molecule has 1 aromatic heterocycles. The van der Waals surface area contributed by atoms with E-state index in [-0.39, 0.29) is 29.1 Å². The van der Waals surface area contributed by atoms with Crippen molar-refractivity contribution in [3.63, 3.8) is 0 Å². The second-order valence-electron chi connectivity index (χ2n) is 7.88. The van der Waals surface area contributed by atoms with E-state index >= 15 is 0 Å². The Morgan fingerprint density at radius 2 is 2.00 bits per heavy atom. The van der Waals surface area contributed by atoms with Crippen LogP contribution in [0.4, 0.5) is 0 Å². The number of benzene rings is 1. The van der Waals surface area contributed by atoms with Gasteiger partial charge in [-0.25, -0.2) is 8.42 Å². The number of carbonyl (C=O) groups is 1. The number of carbonyl (C=O) groups excluding carboxylic acids is 1.